The average Bonchev–Trinajstić information content (AvgIpc) is 4.02. The van der Waals surface area contributed by atoms with E-state index in [9.17, 15) is 0 Å². The fraction of sp³-hybridized carbons (Fsp3) is 0.152. The van der Waals surface area contributed by atoms with Gasteiger partial charge in [0.25, 0.3) is 0 Å². The molecule has 0 N–H and O–H groups in total. The number of allylic oxidation sites excluding steroid dienone is 6. The highest BCUT2D eigenvalue weighted by Crippen LogP contribution is 2.57. The quantitative estimate of drug-likeness (QED) is 0.162. The van der Waals surface area contributed by atoms with Crippen LogP contribution >= 0.6 is 0 Å². The van der Waals surface area contributed by atoms with Gasteiger partial charge in [0.1, 0.15) is 0 Å². The summed E-state index contributed by atoms with van der Waals surface area (Å²) in [5.74, 6) is 0.359. The molecule has 0 saturated heterocycles. The summed E-state index contributed by atoms with van der Waals surface area (Å²) in [7, 11) is 0. The van der Waals surface area contributed by atoms with Gasteiger partial charge in [-0.25, -0.2) is 0 Å². The number of nitrogens with zero attached hydrogens (tertiary/aromatic N) is 2. The Morgan fingerprint density at radius 1 is 0.426 bits per heavy atom. The number of aromatic nitrogens is 1. The lowest BCUT2D eigenvalue weighted by molar-refractivity contribution is 0.353. The minimum atomic E-state index is 0.0676. The molecule has 0 bridgehead atoms. The maximum Gasteiger partial charge on any atom is 0.0629 e. The molecule has 2 nitrogen and oxygen atoms in total. The van der Waals surface area contributed by atoms with Crippen LogP contribution < -0.4 is 4.90 Å². The summed E-state index contributed by atoms with van der Waals surface area (Å²) < 4.78 is 2.39. The van der Waals surface area contributed by atoms with Crippen molar-refractivity contribution in [2.24, 2.45) is 0 Å². The van der Waals surface area contributed by atoms with Crippen molar-refractivity contribution in [2.45, 2.75) is 62.3 Å². The average molecular weight is 873 g/mol. The van der Waals surface area contributed by atoms with Crippen molar-refractivity contribution < 1.29 is 0 Å². The van der Waals surface area contributed by atoms with E-state index in [4.69, 9.17) is 0 Å². The van der Waals surface area contributed by atoms with Crippen molar-refractivity contribution in [1.82, 2.24) is 4.57 Å². The molecule has 0 amide bonds. The molecule has 9 aromatic rings. The molecule has 0 radical (unpaired) electrons. The molecule has 2 unspecified atom stereocenters. The summed E-state index contributed by atoms with van der Waals surface area (Å²) in [6.07, 6.45) is 22.5. The van der Waals surface area contributed by atoms with Gasteiger partial charge in [0.05, 0.1) is 17.1 Å². The van der Waals surface area contributed by atoms with Crippen LogP contribution in [0.5, 0.6) is 0 Å². The lowest BCUT2D eigenvalue weighted by Crippen LogP contribution is -2.28. The van der Waals surface area contributed by atoms with E-state index in [1.165, 1.54) is 132 Å². The first-order chi connectivity index (χ1) is 33.7. The summed E-state index contributed by atoms with van der Waals surface area (Å²) in [6, 6.07) is 69.0. The number of hydrogen-bond acceptors (Lipinski definition) is 1. The van der Waals surface area contributed by atoms with Crippen LogP contribution in [0.3, 0.4) is 0 Å². The summed E-state index contributed by atoms with van der Waals surface area (Å²) in [4.78, 5) is 2.52. The number of benzene rings is 8. The maximum atomic E-state index is 2.60. The van der Waals surface area contributed by atoms with Gasteiger partial charge in [-0.2, -0.15) is 0 Å². The molecule has 2 heteroatoms. The molecular weight excluding hydrogens is 821 g/mol. The van der Waals surface area contributed by atoms with E-state index in [1.807, 2.05) is 0 Å². The smallest absolute Gasteiger partial charge is 0.0629 e. The minimum Gasteiger partial charge on any atom is -0.333 e. The summed E-state index contributed by atoms with van der Waals surface area (Å²) in [5, 5.41) is 2.56. The largest absolute Gasteiger partial charge is 0.333 e. The first kappa shape index (κ1) is 39.5. The Hall–Kier alpha value is -7.68. The van der Waals surface area contributed by atoms with Crippen molar-refractivity contribution in [3.05, 3.63) is 246 Å². The molecule has 1 spiro atoms. The second kappa shape index (κ2) is 15.7. The van der Waals surface area contributed by atoms with Crippen LogP contribution in [0.2, 0.25) is 0 Å². The zero-order valence-electron chi connectivity index (χ0n) is 38.3. The predicted molar refractivity (Wildman–Crippen MR) is 286 cm³/mol. The number of hydrogen-bond donors (Lipinski definition) is 0. The van der Waals surface area contributed by atoms with E-state index in [2.05, 4.69) is 228 Å². The van der Waals surface area contributed by atoms with Gasteiger partial charge in [-0.3, -0.25) is 0 Å². The van der Waals surface area contributed by atoms with Gasteiger partial charge < -0.3 is 9.47 Å². The molecule has 1 aromatic heterocycles. The number of anilines is 2. The van der Waals surface area contributed by atoms with E-state index in [-0.39, 0.29) is 5.41 Å². The van der Waals surface area contributed by atoms with Crippen LogP contribution in [0, 0.1) is 0 Å². The van der Waals surface area contributed by atoms with Crippen molar-refractivity contribution in [3.63, 3.8) is 0 Å². The predicted octanol–water partition coefficient (Wildman–Crippen LogP) is 17.3. The van der Waals surface area contributed by atoms with Crippen molar-refractivity contribution in [3.8, 4) is 39.1 Å². The highest BCUT2D eigenvalue weighted by molar-refractivity contribution is 6.10. The SMILES string of the molecule is C1=CC2c3cc(C4=CC=C(c5ccc6c(c5)C5(CCCCC5)c5cc(-c7ccc(-c8ccc9c(c8)c8ccccc8n9-c8ccccc8)cc7)ccc5-6)CC4)ccc3N(c3ccccc3)C2C=C1. The van der Waals surface area contributed by atoms with E-state index in [1.54, 1.807) is 11.1 Å². The van der Waals surface area contributed by atoms with Gasteiger partial charge in [0.2, 0.25) is 0 Å². The van der Waals surface area contributed by atoms with E-state index in [0.717, 1.165) is 12.8 Å². The fourth-order valence-electron chi connectivity index (χ4n) is 13.0. The molecule has 326 valence electrons. The first-order valence-electron chi connectivity index (χ1n) is 24.9. The van der Waals surface area contributed by atoms with Gasteiger partial charge >= 0.3 is 0 Å². The summed E-state index contributed by atoms with van der Waals surface area (Å²) in [6.45, 7) is 0. The lowest BCUT2D eigenvalue weighted by Gasteiger charge is -2.36. The standard InChI is InChI=1S/C66H52N2/c1-4-14-52(15-5-1)67-62-20-10-8-18-56(62)58-40-48(32-36-64(58)67)44-22-26-46(27-23-44)50-30-34-54-55-35-31-51(43-61(55)66(60(54)42-50)38-12-3-13-39-66)47-28-24-45(25-29-47)49-33-37-65-59(41-49)57-19-9-11-21-63(57)68(65)53-16-6-2-7-17-53/h1-2,4-11,14-24,26-28,30-37,40-43,57,63H,3,12-13,25,29,38-39H2. The minimum absolute atomic E-state index is 0.0676. The molecule has 14 rings (SSSR count). The van der Waals surface area contributed by atoms with E-state index < -0.39 is 0 Å². The Labute approximate surface area is 399 Å². The van der Waals surface area contributed by atoms with Gasteiger partial charge in [0.15, 0.2) is 0 Å². The van der Waals surface area contributed by atoms with Crippen molar-refractivity contribution >= 4 is 44.3 Å². The van der Waals surface area contributed by atoms with Crippen LogP contribution in [0.4, 0.5) is 11.4 Å². The third-order valence-electron chi connectivity index (χ3n) is 16.3. The Kier molecular flexibility index (Phi) is 9.12. The molecule has 8 aromatic carbocycles. The molecule has 1 fully saturated rings. The molecule has 2 atom stereocenters. The molecular formula is C66H52N2. The van der Waals surface area contributed by atoms with Crippen LogP contribution in [0.15, 0.2) is 218 Å². The molecule has 68 heavy (non-hydrogen) atoms. The Balaban J connectivity index is 0.757. The molecule has 4 aliphatic carbocycles. The Morgan fingerprint density at radius 3 is 1.71 bits per heavy atom. The lowest BCUT2D eigenvalue weighted by atomic mass is 9.67. The highest BCUT2D eigenvalue weighted by Gasteiger charge is 2.44. The third-order valence-corrected chi connectivity index (χ3v) is 16.3. The topological polar surface area (TPSA) is 8.17 Å². The molecule has 5 aliphatic rings. The third kappa shape index (κ3) is 6.16. The second-order valence-corrected chi connectivity index (χ2v) is 19.8. The molecule has 1 saturated carbocycles. The zero-order valence-corrected chi connectivity index (χ0v) is 38.3. The van der Waals surface area contributed by atoms with Crippen LogP contribution in [-0.2, 0) is 5.41 Å². The highest BCUT2D eigenvalue weighted by atomic mass is 15.2. The van der Waals surface area contributed by atoms with Crippen molar-refractivity contribution in [2.75, 3.05) is 4.90 Å². The van der Waals surface area contributed by atoms with Crippen LogP contribution in [-0.4, -0.2) is 10.6 Å². The van der Waals surface area contributed by atoms with Gasteiger partial charge in [0, 0.05) is 39.2 Å². The van der Waals surface area contributed by atoms with Gasteiger partial charge in [-0.05, 0) is 165 Å². The molecule has 1 aliphatic heterocycles. The zero-order chi connectivity index (χ0) is 44.8. The fourth-order valence-corrected chi connectivity index (χ4v) is 13.0. The van der Waals surface area contributed by atoms with Crippen LogP contribution in [0.1, 0.15) is 78.7 Å². The summed E-state index contributed by atoms with van der Waals surface area (Å²) >= 11 is 0. The number of rotatable bonds is 6. The normalized spacial score (nSPS) is 18.6. The number of para-hydroxylation sites is 3. The second-order valence-electron chi connectivity index (χ2n) is 19.8. The number of fused-ring (bicyclic) bond motifs is 11. The van der Waals surface area contributed by atoms with E-state index in [0.29, 0.717) is 12.0 Å². The van der Waals surface area contributed by atoms with Gasteiger partial charge in [-0.15, -0.1) is 0 Å². The van der Waals surface area contributed by atoms with E-state index >= 15 is 0 Å². The Morgan fingerprint density at radius 2 is 0.985 bits per heavy atom. The first-order valence-corrected chi connectivity index (χ1v) is 24.9. The monoisotopic (exact) mass is 872 g/mol. The Bertz CT molecular complexity index is 3590. The summed E-state index contributed by atoms with van der Waals surface area (Å²) in [5.41, 5.74) is 24.4. The van der Waals surface area contributed by atoms with Gasteiger partial charge in [-0.1, -0.05) is 171 Å². The maximum absolute atomic E-state index is 2.60. The molecule has 2 heterocycles. The van der Waals surface area contributed by atoms with Crippen LogP contribution in [0.25, 0.3) is 72.0 Å². The van der Waals surface area contributed by atoms with Crippen molar-refractivity contribution in [1.29, 1.82) is 0 Å².